The second kappa shape index (κ2) is 10.3. The molecule has 158 valence electrons. The Bertz CT molecular complexity index is 724. The lowest BCUT2D eigenvalue weighted by Crippen LogP contribution is -2.42. The Morgan fingerprint density at radius 1 is 1.11 bits per heavy atom. The zero-order chi connectivity index (χ0) is 20.7. The second-order valence-electron chi connectivity index (χ2n) is 8.41. The molecule has 6 nitrogen and oxygen atoms in total. The molecule has 28 heavy (non-hydrogen) atoms. The maximum Gasteiger partial charge on any atom is 0.324 e. The maximum absolute atomic E-state index is 12.7. The summed E-state index contributed by atoms with van der Waals surface area (Å²) in [6.07, 6.45) is 4.02. The third-order valence-corrected chi connectivity index (χ3v) is 6.18. The van der Waals surface area contributed by atoms with Crippen LogP contribution in [-0.4, -0.2) is 33.6 Å². The van der Waals surface area contributed by atoms with E-state index in [4.69, 9.17) is 9.47 Å². The Morgan fingerprint density at radius 3 is 2.25 bits per heavy atom. The van der Waals surface area contributed by atoms with Gasteiger partial charge in [0.2, 0.25) is 10.0 Å². The number of rotatable bonds is 11. The van der Waals surface area contributed by atoms with Crippen LogP contribution in [0, 0.1) is 17.8 Å². The van der Waals surface area contributed by atoms with Crippen LogP contribution in [0.15, 0.2) is 29.2 Å². The van der Waals surface area contributed by atoms with Gasteiger partial charge < -0.3 is 9.47 Å². The van der Waals surface area contributed by atoms with Crippen molar-refractivity contribution in [1.82, 2.24) is 4.72 Å². The first-order valence-corrected chi connectivity index (χ1v) is 11.6. The normalized spacial score (nSPS) is 16.1. The molecule has 0 spiro atoms. The van der Waals surface area contributed by atoms with Crippen LogP contribution in [0.25, 0.3) is 0 Å². The van der Waals surface area contributed by atoms with Gasteiger partial charge in [0, 0.05) is 0 Å². The summed E-state index contributed by atoms with van der Waals surface area (Å²) in [4.78, 5) is 12.5. The number of carbonyl (C=O) groups is 1. The molecule has 1 aromatic carbocycles. The largest absolute Gasteiger partial charge is 0.493 e. The van der Waals surface area contributed by atoms with E-state index in [2.05, 4.69) is 4.72 Å². The molecule has 0 saturated heterocycles. The van der Waals surface area contributed by atoms with E-state index >= 15 is 0 Å². The van der Waals surface area contributed by atoms with Crippen LogP contribution in [0.1, 0.15) is 53.4 Å². The lowest BCUT2D eigenvalue weighted by molar-refractivity contribution is -0.147. The highest BCUT2D eigenvalue weighted by molar-refractivity contribution is 7.89. The van der Waals surface area contributed by atoms with Gasteiger partial charge >= 0.3 is 5.97 Å². The van der Waals surface area contributed by atoms with E-state index < -0.39 is 22.0 Å². The van der Waals surface area contributed by atoms with Gasteiger partial charge in [-0.2, -0.15) is 4.72 Å². The molecule has 1 atom stereocenters. The number of esters is 1. The van der Waals surface area contributed by atoms with Crippen LogP contribution in [0.4, 0.5) is 0 Å². The van der Waals surface area contributed by atoms with Gasteiger partial charge in [-0.3, -0.25) is 4.79 Å². The SMILES string of the molecule is CC(C)COC(=O)[C@@H](CC(C)C)NS(=O)(=O)c1ccc(OCC2CCC2)cc1. The Morgan fingerprint density at radius 2 is 1.75 bits per heavy atom. The summed E-state index contributed by atoms with van der Waals surface area (Å²) in [5.41, 5.74) is 0. The second-order valence-corrected chi connectivity index (χ2v) is 10.1. The van der Waals surface area contributed by atoms with Crippen molar-refractivity contribution in [3.8, 4) is 5.75 Å². The average molecular weight is 412 g/mol. The fourth-order valence-electron chi connectivity index (χ4n) is 2.86. The Kier molecular flexibility index (Phi) is 8.31. The van der Waals surface area contributed by atoms with E-state index in [1.807, 2.05) is 27.7 Å². The Balaban J connectivity index is 2.01. The minimum absolute atomic E-state index is 0.105. The van der Waals surface area contributed by atoms with Gasteiger partial charge in [-0.15, -0.1) is 0 Å². The lowest BCUT2D eigenvalue weighted by atomic mass is 9.86. The molecule has 1 fully saturated rings. The van der Waals surface area contributed by atoms with Crippen LogP contribution in [0.3, 0.4) is 0 Å². The number of nitrogens with one attached hydrogen (secondary N) is 1. The zero-order valence-electron chi connectivity index (χ0n) is 17.3. The van der Waals surface area contributed by atoms with Crippen LogP contribution in [-0.2, 0) is 19.6 Å². The van der Waals surface area contributed by atoms with E-state index in [1.165, 1.54) is 31.4 Å². The van der Waals surface area contributed by atoms with Gasteiger partial charge in [-0.25, -0.2) is 8.42 Å². The van der Waals surface area contributed by atoms with Crippen molar-refractivity contribution in [2.24, 2.45) is 17.8 Å². The van der Waals surface area contributed by atoms with E-state index in [0.29, 0.717) is 24.7 Å². The molecule has 0 amide bonds. The monoisotopic (exact) mass is 411 g/mol. The third kappa shape index (κ3) is 7.09. The fraction of sp³-hybridized carbons (Fsp3) is 0.667. The minimum Gasteiger partial charge on any atom is -0.493 e. The number of sulfonamides is 1. The maximum atomic E-state index is 12.7. The van der Waals surface area contributed by atoms with Crippen molar-refractivity contribution >= 4 is 16.0 Å². The van der Waals surface area contributed by atoms with E-state index in [9.17, 15) is 13.2 Å². The van der Waals surface area contributed by atoms with Crippen molar-refractivity contribution in [2.75, 3.05) is 13.2 Å². The first kappa shape index (κ1) is 22.7. The van der Waals surface area contributed by atoms with Crippen LogP contribution in [0.5, 0.6) is 5.75 Å². The number of hydrogen-bond donors (Lipinski definition) is 1. The van der Waals surface area contributed by atoms with E-state index in [-0.39, 0.29) is 23.3 Å². The number of ether oxygens (including phenoxy) is 2. The molecule has 0 aromatic heterocycles. The first-order chi connectivity index (χ1) is 13.2. The summed E-state index contributed by atoms with van der Waals surface area (Å²) in [7, 11) is -3.84. The standard InChI is InChI=1S/C21H33NO5S/c1-15(2)12-20(21(23)27-13-16(3)4)22-28(24,25)19-10-8-18(9-11-19)26-14-17-6-5-7-17/h8-11,15-17,20,22H,5-7,12-14H2,1-4H3/t20-/m1/s1. The fourth-order valence-corrected chi connectivity index (χ4v) is 4.05. The van der Waals surface area contributed by atoms with Gasteiger partial charge in [-0.05, 0) is 61.3 Å². The summed E-state index contributed by atoms with van der Waals surface area (Å²) >= 11 is 0. The third-order valence-electron chi connectivity index (χ3n) is 4.69. The van der Waals surface area contributed by atoms with Crippen molar-refractivity contribution in [2.45, 2.75) is 64.3 Å². The Hall–Kier alpha value is -1.60. The topological polar surface area (TPSA) is 81.7 Å². The predicted octanol–water partition coefficient (Wildman–Crippen LogP) is 3.76. The molecule has 2 rings (SSSR count). The molecule has 7 heteroatoms. The quantitative estimate of drug-likeness (QED) is 0.561. The summed E-state index contributed by atoms with van der Waals surface area (Å²) in [6.45, 7) is 8.67. The van der Waals surface area contributed by atoms with Gasteiger partial charge in [-0.1, -0.05) is 34.1 Å². The molecule has 1 N–H and O–H groups in total. The van der Waals surface area contributed by atoms with Gasteiger partial charge in [0.15, 0.2) is 0 Å². The molecule has 1 aromatic rings. The summed E-state index contributed by atoms with van der Waals surface area (Å²) in [6, 6.07) is 5.41. The molecular formula is C21H33NO5S. The minimum atomic E-state index is -3.84. The predicted molar refractivity (Wildman–Crippen MR) is 109 cm³/mol. The molecule has 1 saturated carbocycles. The average Bonchev–Trinajstić information content (AvgIpc) is 2.57. The van der Waals surface area contributed by atoms with E-state index in [1.54, 1.807) is 12.1 Å². The summed E-state index contributed by atoms with van der Waals surface area (Å²) in [5.74, 6) is 1.06. The lowest BCUT2D eigenvalue weighted by Gasteiger charge is -2.25. The van der Waals surface area contributed by atoms with Crippen LogP contribution < -0.4 is 9.46 Å². The molecule has 1 aliphatic rings. The van der Waals surface area contributed by atoms with Crippen LogP contribution in [0.2, 0.25) is 0 Å². The number of benzene rings is 1. The molecule has 0 heterocycles. The van der Waals surface area contributed by atoms with E-state index in [0.717, 1.165) is 0 Å². The Labute approximate surface area is 169 Å². The van der Waals surface area contributed by atoms with Crippen molar-refractivity contribution in [1.29, 1.82) is 0 Å². The first-order valence-electron chi connectivity index (χ1n) is 10.1. The summed E-state index contributed by atoms with van der Waals surface area (Å²) < 4.78 is 39.0. The van der Waals surface area contributed by atoms with Gasteiger partial charge in [0.1, 0.15) is 11.8 Å². The molecule has 0 unspecified atom stereocenters. The highest BCUT2D eigenvalue weighted by atomic mass is 32.2. The molecule has 1 aliphatic carbocycles. The smallest absolute Gasteiger partial charge is 0.324 e. The molecular weight excluding hydrogens is 378 g/mol. The molecule has 0 aliphatic heterocycles. The highest BCUT2D eigenvalue weighted by Gasteiger charge is 2.28. The van der Waals surface area contributed by atoms with Crippen LogP contribution >= 0.6 is 0 Å². The summed E-state index contributed by atoms with van der Waals surface area (Å²) in [5, 5.41) is 0. The molecule has 0 bridgehead atoms. The number of hydrogen-bond acceptors (Lipinski definition) is 5. The number of carbonyl (C=O) groups excluding carboxylic acids is 1. The van der Waals surface area contributed by atoms with Crippen molar-refractivity contribution < 1.29 is 22.7 Å². The van der Waals surface area contributed by atoms with Crippen molar-refractivity contribution in [3.63, 3.8) is 0 Å². The van der Waals surface area contributed by atoms with Crippen molar-refractivity contribution in [3.05, 3.63) is 24.3 Å². The van der Waals surface area contributed by atoms with Gasteiger partial charge in [0.05, 0.1) is 18.1 Å². The zero-order valence-corrected chi connectivity index (χ0v) is 18.1. The molecule has 0 radical (unpaired) electrons. The highest BCUT2D eigenvalue weighted by Crippen LogP contribution is 2.27. The van der Waals surface area contributed by atoms with Gasteiger partial charge in [0.25, 0.3) is 0 Å².